The van der Waals surface area contributed by atoms with Gasteiger partial charge in [-0.25, -0.2) is 0 Å². The Morgan fingerprint density at radius 3 is 1.81 bits per heavy atom. The van der Waals surface area contributed by atoms with E-state index in [9.17, 15) is 9.90 Å². The topological polar surface area (TPSA) is 56.2 Å². The number of aliphatic hydroxyl groups excluding tert-OH is 1. The maximum absolute atomic E-state index is 14.0. The third kappa shape index (κ3) is 3.61. The summed E-state index contributed by atoms with van der Waals surface area (Å²) in [7, 11) is 0. The van der Waals surface area contributed by atoms with Gasteiger partial charge >= 0.3 is 0 Å². The fraction of sp³-hybridized carbons (Fsp3) is 0.387. The highest BCUT2D eigenvalue weighted by atomic mass is 16.5. The highest BCUT2D eigenvalue weighted by Gasteiger charge is 2.57. The molecule has 1 spiro atoms. The smallest absolute Gasteiger partial charge is 0.255 e. The molecule has 2 aliphatic rings. The number of hydrogen-bond acceptors (Lipinski definition) is 5. The van der Waals surface area contributed by atoms with E-state index in [0.717, 1.165) is 65.7 Å². The second kappa shape index (κ2) is 9.75. The molecule has 3 aromatic carbocycles. The molecule has 0 saturated heterocycles. The van der Waals surface area contributed by atoms with Gasteiger partial charge in [-0.3, -0.25) is 4.79 Å². The van der Waals surface area contributed by atoms with E-state index in [1.54, 1.807) is 0 Å². The number of fused-ring (bicyclic) bond motifs is 6. The number of hydrogen-bond donors (Lipinski definition) is 1. The maximum atomic E-state index is 14.0. The van der Waals surface area contributed by atoms with Crippen LogP contribution in [-0.2, 0) is 5.54 Å². The van der Waals surface area contributed by atoms with Crippen LogP contribution in [0.25, 0.3) is 0 Å². The molecule has 37 heavy (non-hydrogen) atoms. The molecule has 0 bridgehead atoms. The fourth-order valence-corrected chi connectivity index (χ4v) is 6.18. The highest BCUT2D eigenvalue weighted by molar-refractivity contribution is 6.02. The molecule has 6 nitrogen and oxygen atoms in total. The average Bonchev–Trinajstić information content (AvgIpc) is 3.18. The third-order valence-electron chi connectivity index (χ3n) is 8.02. The molecule has 0 radical (unpaired) electrons. The lowest BCUT2D eigenvalue weighted by molar-refractivity contribution is 0.0456. The lowest BCUT2D eigenvalue weighted by atomic mass is 9.74. The molecule has 2 heterocycles. The van der Waals surface area contributed by atoms with Crippen molar-refractivity contribution in [1.82, 2.24) is 4.90 Å². The molecule has 194 valence electrons. The van der Waals surface area contributed by atoms with Crippen LogP contribution in [-0.4, -0.2) is 54.7 Å². The monoisotopic (exact) mass is 499 g/mol. The zero-order chi connectivity index (χ0) is 26.3. The zero-order valence-corrected chi connectivity index (χ0v) is 22.5. The SMILES string of the molecule is CCN(CC)c1ccc2c(c1)Oc1cc(N(CC)CC)ccc1C21c2ccccc2C(=O)N1[C@H](C)CO. The molecule has 3 aromatic rings. The Balaban J connectivity index is 1.85. The second-order valence-corrected chi connectivity index (χ2v) is 9.77. The van der Waals surface area contributed by atoms with Crippen molar-refractivity contribution < 1.29 is 14.6 Å². The minimum atomic E-state index is -0.900. The van der Waals surface area contributed by atoms with Crippen molar-refractivity contribution in [3.05, 3.63) is 82.9 Å². The van der Waals surface area contributed by atoms with Crippen molar-refractivity contribution in [3.63, 3.8) is 0 Å². The van der Waals surface area contributed by atoms with Gasteiger partial charge < -0.3 is 24.5 Å². The summed E-state index contributed by atoms with van der Waals surface area (Å²) in [6.45, 7) is 13.9. The van der Waals surface area contributed by atoms with Gasteiger partial charge in [0.1, 0.15) is 17.0 Å². The highest BCUT2D eigenvalue weighted by Crippen LogP contribution is 2.58. The first-order chi connectivity index (χ1) is 18.0. The first-order valence-electron chi connectivity index (χ1n) is 13.5. The molecule has 1 amide bonds. The number of carbonyl (C=O) groups excluding carboxylic acids is 1. The summed E-state index contributed by atoms with van der Waals surface area (Å²) in [4.78, 5) is 20.4. The van der Waals surface area contributed by atoms with Gasteiger partial charge in [0.15, 0.2) is 0 Å². The Hall–Kier alpha value is -3.51. The number of carbonyl (C=O) groups is 1. The Labute approximate surface area is 220 Å². The zero-order valence-electron chi connectivity index (χ0n) is 22.5. The van der Waals surface area contributed by atoms with Gasteiger partial charge in [-0.1, -0.05) is 30.3 Å². The minimum absolute atomic E-state index is 0.0726. The number of ether oxygens (including phenoxy) is 1. The van der Waals surface area contributed by atoms with Crippen molar-refractivity contribution in [1.29, 1.82) is 0 Å². The van der Waals surface area contributed by atoms with Crippen LogP contribution in [0.3, 0.4) is 0 Å². The number of amides is 1. The van der Waals surface area contributed by atoms with Crippen LogP contribution in [0, 0.1) is 0 Å². The van der Waals surface area contributed by atoms with Gasteiger partial charge in [-0.05, 0) is 58.4 Å². The average molecular weight is 500 g/mol. The molecular formula is C31H37N3O3. The van der Waals surface area contributed by atoms with Crippen LogP contribution in [0.4, 0.5) is 11.4 Å². The van der Waals surface area contributed by atoms with Crippen LogP contribution in [0.15, 0.2) is 60.7 Å². The standard InChI is InChI=1S/C31H37N3O3/c1-6-32(7-2)22-14-16-26-28(18-22)37-29-19-23(33(8-3)9-4)15-17-27(29)31(26)25-13-11-10-12-24(25)30(36)34(31)21(5)20-35/h10-19,21,35H,6-9,20H2,1-5H3/t21-/m1/s1. The van der Waals surface area contributed by atoms with Crippen LogP contribution < -0.4 is 14.5 Å². The van der Waals surface area contributed by atoms with E-state index in [-0.39, 0.29) is 12.5 Å². The summed E-state index contributed by atoms with van der Waals surface area (Å²) in [5, 5.41) is 10.3. The lowest BCUT2D eigenvalue weighted by Gasteiger charge is -2.46. The molecule has 1 atom stereocenters. The maximum Gasteiger partial charge on any atom is 0.255 e. The molecular weight excluding hydrogens is 462 g/mol. The fourth-order valence-electron chi connectivity index (χ4n) is 6.18. The summed E-state index contributed by atoms with van der Waals surface area (Å²) in [6, 6.07) is 20.1. The number of nitrogens with zero attached hydrogens (tertiary/aromatic N) is 3. The van der Waals surface area contributed by atoms with Gasteiger partial charge in [0, 0.05) is 66.4 Å². The van der Waals surface area contributed by atoms with Crippen LogP contribution >= 0.6 is 0 Å². The Kier molecular flexibility index (Phi) is 6.63. The summed E-state index contributed by atoms with van der Waals surface area (Å²) >= 11 is 0. The molecule has 2 aliphatic heterocycles. The predicted molar refractivity (Wildman–Crippen MR) is 149 cm³/mol. The van der Waals surface area contributed by atoms with Crippen molar-refractivity contribution >= 4 is 17.3 Å². The summed E-state index contributed by atoms with van der Waals surface area (Å²) in [6.07, 6.45) is 0. The molecule has 0 unspecified atom stereocenters. The van der Waals surface area contributed by atoms with E-state index in [1.807, 2.05) is 36.1 Å². The molecule has 0 fully saturated rings. The first kappa shape index (κ1) is 25.2. The van der Waals surface area contributed by atoms with Crippen molar-refractivity contribution in [2.45, 2.75) is 46.2 Å². The lowest BCUT2D eigenvalue weighted by Crippen LogP contribution is -2.52. The number of anilines is 2. The van der Waals surface area contributed by atoms with E-state index >= 15 is 0 Å². The molecule has 6 heteroatoms. The molecule has 0 aliphatic carbocycles. The van der Waals surface area contributed by atoms with E-state index in [0.29, 0.717) is 5.56 Å². The van der Waals surface area contributed by atoms with Crippen molar-refractivity contribution in [3.8, 4) is 11.5 Å². The minimum Gasteiger partial charge on any atom is -0.456 e. The third-order valence-corrected chi connectivity index (χ3v) is 8.02. The Bertz CT molecular complexity index is 1250. The number of benzene rings is 3. The van der Waals surface area contributed by atoms with Gasteiger partial charge in [0.25, 0.3) is 5.91 Å². The number of aliphatic hydroxyl groups is 1. The quantitative estimate of drug-likeness (QED) is 0.436. The largest absolute Gasteiger partial charge is 0.456 e. The van der Waals surface area contributed by atoms with Crippen LogP contribution in [0.1, 0.15) is 61.7 Å². The van der Waals surface area contributed by atoms with E-state index in [4.69, 9.17) is 4.74 Å². The summed E-state index contributed by atoms with van der Waals surface area (Å²) in [5.74, 6) is 1.41. The van der Waals surface area contributed by atoms with Crippen LogP contribution in [0.2, 0.25) is 0 Å². The molecule has 0 saturated carbocycles. The van der Waals surface area contributed by atoms with Crippen molar-refractivity contribution in [2.75, 3.05) is 42.6 Å². The van der Waals surface area contributed by atoms with Gasteiger partial charge in [-0.15, -0.1) is 0 Å². The molecule has 0 aromatic heterocycles. The Morgan fingerprint density at radius 1 is 0.811 bits per heavy atom. The normalized spacial score (nSPS) is 15.6. The summed E-state index contributed by atoms with van der Waals surface area (Å²) in [5.41, 5.74) is 4.71. The van der Waals surface area contributed by atoms with Crippen molar-refractivity contribution in [2.24, 2.45) is 0 Å². The number of rotatable bonds is 8. The van der Waals surface area contributed by atoms with Gasteiger partial charge in [0.2, 0.25) is 0 Å². The first-order valence-corrected chi connectivity index (χ1v) is 13.5. The van der Waals surface area contributed by atoms with E-state index < -0.39 is 11.6 Å². The van der Waals surface area contributed by atoms with E-state index in [1.165, 1.54) is 0 Å². The summed E-state index contributed by atoms with van der Waals surface area (Å²) < 4.78 is 6.68. The van der Waals surface area contributed by atoms with Gasteiger partial charge in [-0.2, -0.15) is 0 Å². The molecule has 1 N–H and O–H groups in total. The van der Waals surface area contributed by atoms with Gasteiger partial charge in [0.05, 0.1) is 12.6 Å². The predicted octanol–water partition coefficient (Wildman–Crippen LogP) is 5.61. The Morgan fingerprint density at radius 2 is 1.32 bits per heavy atom. The molecule has 5 rings (SSSR count). The van der Waals surface area contributed by atoms with E-state index in [2.05, 4.69) is 73.9 Å². The second-order valence-electron chi connectivity index (χ2n) is 9.77. The van der Waals surface area contributed by atoms with Crippen LogP contribution in [0.5, 0.6) is 11.5 Å².